The van der Waals surface area contributed by atoms with E-state index in [9.17, 15) is 4.79 Å². The van der Waals surface area contributed by atoms with Gasteiger partial charge in [-0.2, -0.15) is 0 Å². The summed E-state index contributed by atoms with van der Waals surface area (Å²) in [6, 6.07) is 3.25. The van der Waals surface area contributed by atoms with Crippen LogP contribution >= 0.6 is 11.6 Å². The van der Waals surface area contributed by atoms with Crippen molar-refractivity contribution in [1.82, 2.24) is 0 Å². The first-order valence-corrected chi connectivity index (χ1v) is 7.49. The first kappa shape index (κ1) is 15.9. The number of carbonyl (C=O) groups excluding carboxylic acids is 1. The van der Waals surface area contributed by atoms with E-state index in [2.05, 4.69) is 0 Å². The molecule has 1 unspecified atom stereocenters. The van der Waals surface area contributed by atoms with E-state index in [0.29, 0.717) is 35.1 Å². The number of ether oxygens (including phenoxy) is 2. The minimum Gasteiger partial charge on any atom is -0.462 e. The van der Waals surface area contributed by atoms with Gasteiger partial charge in [0.05, 0.1) is 29.0 Å². The number of nitrogens with zero attached hydrogens (tertiary/aromatic N) is 1. The van der Waals surface area contributed by atoms with E-state index in [1.807, 2.05) is 11.9 Å². The number of rotatable bonds is 5. The molecule has 116 valence electrons. The van der Waals surface area contributed by atoms with Gasteiger partial charge in [0.1, 0.15) is 0 Å². The molecule has 0 aliphatic carbocycles. The predicted molar refractivity (Wildman–Crippen MR) is 84.1 cm³/mol. The average molecular weight is 313 g/mol. The molecule has 1 aliphatic rings. The summed E-state index contributed by atoms with van der Waals surface area (Å²) in [5, 5.41) is 0.443. The van der Waals surface area contributed by atoms with Gasteiger partial charge in [-0.05, 0) is 31.9 Å². The second kappa shape index (κ2) is 7.00. The molecule has 0 spiro atoms. The Morgan fingerprint density at radius 1 is 1.57 bits per heavy atom. The molecule has 0 radical (unpaired) electrons. The Morgan fingerprint density at radius 3 is 2.95 bits per heavy atom. The Morgan fingerprint density at radius 2 is 2.33 bits per heavy atom. The highest BCUT2D eigenvalue weighted by Gasteiger charge is 2.23. The molecule has 0 saturated carbocycles. The van der Waals surface area contributed by atoms with Crippen LogP contribution in [0.5, 0.6) is 0 Å². The molecular formula is C15H21ClN2O3. The maximum Gasteiger partial charge on any atom is 0.340 e. The van der Waals surface area contributed by atoms with Crippen LogP contribution in [0.4, 0.5) is 11.4 Å². The third-order valence-electron chi connectivity index (χ3n) is 3.46. The Balaban J connectivity index is 2.28. The number of carbonyl (C=O) groups is 1. The zero-order valence-electron chi connectivity index (χ0n) is 12.4. The number of likely N-dealkylation sites (N-methyl/N-ethyl adjacent to an activating group) is 1. The predicted octanol–water partition coefficient (Wildman–Crippen LogP) is 2.71. The standard InChI is InChI=1S/C15H21ClN2O3/c1-3-20-15(19)12-7-10(17)8-13(16)14(12)18(2)9-11-5-4-6-21-11/h7-8,11H,3-6,9,17H2,1-2H3. The fourth-order valence-corrected chi connectivity index (χ4v) is 2.93. The van der Waals surface area contributed by atoms with E-state index in [1.54, 1.807) is 19.1 Å². The van der Waals surface area contributed by atoms with E-state index < -0.39 is 5.97 Å². The Bertz CT molecular complexity index is 516. The van der Waals surface area contributed by atoms with Crippen molar-refractivity contribution in [2.45, 2.75) is 25.9 Å². The van der Waals surface area contributed by atoms with Crippen molar-refractivity contribution in [3.63, 3.8) is 0 Å². The van der Waals surface area contributed by atoms with Gasteiger partial charge in [-0.3, -0.25) is 0 Å². The van der Waals surface area contributed by atoms with Crippen molar-refractivity contribution >= 4 is 28.9 Å². The summed E-state index contributed by atoms with van der Waals surface area (Å²) < 4.78 is 10.7. The van der Waals surface area contributed by atoms with Crippen LogP contribution in [0, 0.1) is 0 Å². The fraction of sp³-hybridized carbons (Fsp3) is 0.533. The van der Waals surface area contributed by atoms with Crippen molar-refractivity contribution in [3.05, 3.63) is 22.7 Å². The number of anilines is 2. The van der Waals surface area contributed by atoms with Crippen LogP contribution in [0.3, 0.4) is 0 Å². The molecule has 5 nitrogen and oxygen atoms in total. The van der Waals surface area contributed by atoms with Gasteiger partial charge < -0.3 is 20.1 Å². The molecular weight excluding hydrogens is 292 g/mol. The van der Waals surface area contributed by atoms with Gasteiger partial charge in [-0.25, -0.2) is 4.79 Å². The monoisotopic (exact) mass is 312 g/mol. The van der Waals surface area contributed by atoms with E-state index in [1.165, 1.54) is 0 Å². The number of benzene rings is 1. The fourth-order valence-electron chi connectivity index (χ4n) is 2.56. The molecule has 1 heterocycles. The molecule has 0 bridgehead atoms. The molecule has 1 atom stereocenters. The molecule has 2 rings (SSSR count). The van der Waals surface area contributed by atoms with E-state index in [0.717, 1.165) is 19.4 Å². The van der Waals surface area contributed by atoms with Crippen molar-refractivity contribution < 1.29 is 14.3 Å². The minimum atomic E-state index is -0.416. The third kappa shape index (κ3) is 3.80. The molecule has 0 aromatic heterocycles. The lowest BCUT2D eigenvalue weighted by Crippen LogP contribution is -2.30. The van der Waals surface area contributed by atoms with Gasteiger partial charge in [0.25, 0.3) is 0 Å². The lowest BCUT2D eigenvalue weighted by Gasteiger charge is -2.26. The minimum absolute atomic E-state index is 0.165. The quantitative estimate of drug-likeness (QED) is 0.669. The van der Waals surface area contributed by atoms with Gasteiger partial charge in [-0.1, -0.05) is 11.6 Å². The van der Waals surface area contributed by atoms with Crippen LogP contribution < -0.4 is 10.6 Å². The SMILES string of the molecule is CCOC(=O)c1cc(N)cc(Cl)c1N(C)CC1CCCO1. The van der Waals surface area contributed by atoms with Crippen LogP contribution in [0.25, 0.3) is 0 Å². The van der Waals surface area contributed by atoms with Crippen molar-refractivity contribution in [1.29, 1.82) is 0 Å². The molecule has 1 aliphatic heterocycles. The van der Waals surface area contributed by atoms with Crippen LogP contribution in [0.1, 0.15) is 30.1 Å². The van der Waals surface area contributed by atoms with Crippen LogP contribution in [-0.2, 0) is 9.47 Å². The molecule has 21 heavy (non-hydrogen) atoms. The van der Waals surface area contributed by atoms with Gasteiger partial charge in [0.15, 0.2) is 0 Å². The summed E-state index contributed by atoms with van der Waals surface area (Å²) in [4.78, 5) is 14.1. The topological polar surface area (TPSA) is 64.8 Å². The van der Waals surface area contributed by atoms with Crippen molar-refractivity contribution in [2.24, 2.45) is 0 Å². The van der Waals surface area contributed by atoms with Crippen molar-refractivity contribution in [2.75, 3.05) is 37.4 Å². The summed E-state index contributed by atoms with van der Waals surface area (Å²) in [6.45, 7) is 3.54. The normalized spacial score (nSPS) is 17.8. The summed E-state index contributed by atoms with van der Waals surface area (Å²) in [7, 11) is 1.89. The molecule has 1 aromatic rings. The first-order valence-electron chi connectivity index (χ1n) is 7.11. The largest absolute Gasteiger partial charge is 0.462 e. The number of halogens is 1. The lowest BCUT2D eigenvalue weighted by molar-refractivity contribution is 0.0526. The molecule has 6 heteroatoms. The molecule has 1 fully saturated rings. The summed E-state index contributed by atoms with van der Waals surface area (Å²) in [5.74, 6) is -0.416. The number of nitrogens with two attached hydrogens (primary N) is 1. The van der Waals surface area contributed by atoms with Gasteiger partial charge in [-0.15, -0.1) is 0 Å². The Labute approximate surface area is 130 Å². The molecule has 1 aromatic carbocycles. The second-order valence-corrected chi connectivity index (χ2v) is 5.54. The number of hydrogen-bond acceptors (Lipinski definition) is 5. The molecule has 2 N–H and O–H groups in total. The molecule has 1 saturated heterocycles. The second-order valence-electron chi connectivity index (χ2n) is 5.13. The van der Waals surface area contributed by atoms with E-state index >= 15 is 0 Å². The molecule has 0 amide bonds. The summed E-state index contributed by atoms with van der Waals surface area (Å²) in [6.07, 6.45) is 2.25. The third-order valence-corrected chi connectivity index (χ3v) is 3.75. The number of nitrogen functional groups attached to an aromatic ring is 1. The first-order chi connectivity index (χ1) is 10.0. The average Bonchev–Trinajstić information content (AvgIpc) is 2.90. The maximum absolute atomic E-state index is 12.1. The summed E-state index contributed by atoms with van der Waals surface area (Å²) in [5.41, 5.74) is 7.26. The zero-order valence-corrected chi connectivity index (χ0v) is 13.2. The number of hydrogen-bond donors (Lipinski definition) is 1. The summed E-state index contributed by atoms with van der Waals surface area (Å²) >= 11 is 6.29. The highest BCUT2D eigenvalue weighted by molar-refractivity contribution is 6.34. The van der Waals surface area contributed by atoms with E-state index in [-0.39, 0.29) is 6.10 Å². The highest BCUT2D eigenvalue weighted by Crippen LogP contribution is 2.33. The van der Waals surface area contributed by atoms with Gasteiger partial charge in [0.2, 0.25) is 0 Å². The van der Waals surface area contributed by atoms with Gasteiger partial charge in [0, 0.05) is 25.9 Å². The Hall–Kier alpha value is -1.46. The zero-order chi connectivity index (χ0) is 15.4. The van der Waals surface area contributed by atoms with Gasteiger partial charge >= 0.3 is 5.97 Å². The smallest absolute Gasteiger partial charge is 0.340 e. The Kier molecular flexibility index (Phi) is 5.31. The van der Waals surface area contributed by atoms with Crippen LogP contribution in [0.15, 0.2) is 12.1 Å². The van der Waals surface area contributed by atoms with Crippen LogP contribution in [0.2, 0.25) is 5.02 Å². The lowest BCUT2D eigenvalue weighted by atomic mass is 10.1. The number of esters is 1. The van der Waals surface area contributed by atoms with Crippen LogP contribution in [-0.4, -0.2) is 38.9 Å². The van der Waals surface area contributed by atoms with E-state index in [4.69, 9.17) is 26.8 Å². The van der Waals surface area contributed by atoms with Crippen molar-refractivity contribution in [3.8, 4) is 0 Å². The highest BCUT2D eigenvalue weighted by atomic mass is 35.5. The maximum atomic E-state index is 12.1.